The molecule has 0 aliphatic heterocycles. The maximum Gasteiger partial charge on any atom is 0.257 e. The number of amides is 1. The van der Waals surface area contributed by atoms with E-state index in [4.69, 9.17) is 4.42 Å². The first-order chi connectivity index (χ1) is 13.2. The van der Waals surface area contributed by atoms with Crippen LogP contribution in [0, 0.1) is 0 Å². The Morgan fingerprint density at radius 2 is 1.89 bits per heavy atom. The molecule has 0 saturated carbocycles. The molecule has 148 valence electrons. The van der Waals surface area contributed by atoms with E-state index in [1.165, 1.54) is 11.3 Å². The Labute approximate surface area is 173 Å². The summed E-state index contributed by atoms with van der Waals surface area (Å²) in [5.74, 6) is 2.02. The molecule has 3 aromatic rings. The lowest BCUT2D eigenvalue weighted by Crippen LogP contribution is -2.12. The van der Waals surface area contributed by atoms with E-state index in [0.29, 0.717) is 22.3 Å². The molecule has 0 unspecified atom stereocenters. The Hall–Kier alpha value is -2.32. The van der Waals surface area contributed by atoms with E-state index < -0.39 is 0 Å². The molecule has 2 heterocycles. The van der Waals surface area contributed by atoms with E-state index in [1.54, 1.807) is 24.2 Å². The molecule has 3 rings (SSSR count). The van der Waals surface area contributed by atoms with Crippen LogP contribution >= 0.6 is 23.1 Å². The number of benzene rings is 1. The second-order valence-electron chi connectivity index (χ2n) is 7.54. The van der Waals surface area contributed by atoms with Crippen molar-refractivity contribution in [3.05, 3.63) is 53.9 Å². The second-order valence-corrected chi connectivity index (χ2v) is 9.84. The van der Waals surface area contributed by atoms with Crippen molar-refractivity contribution in [3.63, 3.8) is 0 Å². The number of nitrogens with zero attached hydrogens (tertiary/aromatic N) is 3. The van der Waals surface area contributed by atoms with Gasteiger partial charge in [-0.3, -0.25) is 10.1 Å². The standard InChI is InChI=1S/C20H24N4O2S2/c1-20(2,3)15-10-21-16(26-15)12-27-17-11-22-19(28-17)23-18(25)13-6-8-14(9-7-13)24(4)5/h6-11H,12H2,1-5H3,(H,22,23,25). The summed E-state index contributed by atoms with van der Waals surface area (Å²) in [5, 5.41) is 3.43. The van der Waals surface area contributed by atoms with E-state index in [1.807, 2.05) is 43.3 Å². The molecule has 28 heavy (non-hydrogen) atoms. The van der Waals surface area contributed by atoms with Crippen LogP contribution < -0.4 is 10.2 Å². The smallest absolute Gasteiger partial charge is 0.257 e. The fourth-order valence-corrected chi connectivity index (χ4v) is 4.04. The summed E-state index contributed by atoms with van der Waals surface area (Å²) in [5.41, 5.74) is 1.60. The van der Waals surface area contributed by atoms with Crippen LogP contribution in [0.15, 0.2) is 45.3 Å². The van der Waals surface area contributed by atoms with Gasteiger partial charge in [0.2, 0.25) is 5.89 Å². The number of hydrogen-bond donors (Lipinski definition) is 1. The van der Waals surface area contributed by atoms with Crippen molar-refractivity contribution in [2.45, 2.75) is 36.1 Å². The average molecular weight is 417 g/mol. The number of rotatable bonds is 6. The molecule has 0 bridgehead atoms. The van der Waals surface area contributed by atoms with Gasteiger partial charge >= 0.3 is 0 Å². The van der Waals surface area contributed by atoms with Crippen molar-refractivity contribution in [3.8, 4) is 0 Å². The Morgan fingerprint density at radius 3 is 2.50 bits per heavy atom. The fourth-order valence-electron chi connectivity index (χ4n) is 2.32. The number of oxazole rings is 1. The Kier molecular flexibility index (Phi) is 6.10. The third kappa shape index (κ3) is 5.14. The van der Waals surface area contributed by atoms with Crippen LogP contribution in [0.2, 0.25) is 0 Å². The Bertz CT molecular complexity index is 940. The minimum absolute atomic E-state index is 0.0530. The van der Waals surface area contributed by atoms with Crippen LogP contribution in [0.4, 0.5) is 10.8 Å². The van der Waals surface area contributed by atoms with Gasteiger partial charge < -0.3 is 9.32 Å². The zero-order chi connectivity index (χ0) is 20.3. The van der Waals surface area contributed by atoms with Crippen molar-refractivity contribution < 1.29 is 9.21 Å². The summed E-state index contributed by atoms with van der Waals surface area (Å²) in [7, 11) is 3.93. The summed E-state index contributed by atoms with van der Waals surface area (Å²) < 4.78 is 6.80. The number of thioether (sulfide) groups is 1. The van der Waals surface area contributed by atoms with Crippen LogP contribution in [-0.2, 0) is 11.2 Å². The molecule has 0 saturated heterocycles. The van der Waals surface area contributed by atoms with E-state index in [2.05, 4.69) is 36.1 Å². The third-order valence-corrected chi connectivity index (χ3v) is 6.07. The van der Waals surface area contributed by atoms with Gasteiger partial charge in [0.05, 0.1) is 22.4 Å². The number of carbonyl (C=O) groups is 1. The highest BCUT2D eigenvalue weighted by Gasteiger charge is 2.19. The highest BCUT2D eigenvalue weighted by Crippen LogP contribution is 2.32. The van der Waals surface area contributed by atoms with Gasteiger partial charge in [0.1, 0.15) is 5.76 Å². The van der Waals surface area contributed by atoms with Crippen molar-refractivity contribution in [1.82, 2.24) is 9.97 Å². The lowest BCUT2D eigenvalue weighted by molar-refractivity contribution is 0.102. The quantitative estimate of drug-likeness (QED) is 0.568. The maximum atomic E-state index is 12.4. The predicted molar refractivity (Wildman–Crippen MR) is 116 cm³/mol. The number of aromatic nitrogens is 2. The molecule has 0 spiro atoms. The molecule has 0 aliphatic rings. The molecular formula is C20H24N4O2S2. The highest BCUT2D eigenvalue weighted by atomic mass is 32.2. The molecule has 6 nitrogen and oxygen atoms in total. The van der Waals surface area contributed by atoms with Gasteiger partial charge in [0.15, 0.2) is 5.13 Å². The molecule has 1 amide bonds. The van der Waals surface area contributed by atoms with Crippen LogP contribution in [0.3, 0.4) is 0 Å². The van der Waals surface area contributed by atoms with E-state index in [-0.39, 0.29) is 11.3 Å². The van der Waals surface area contributed by atoms with Crippen LogP contribution in [0.25, 0.3) is 0 Å². The highest BCUT2D eigenvalue weighted by molar-refractivity contribution is 8.00. The number of anilines is 2. The van der Waals surface area contributed by atoms with Gasteiger partial charge in [-0.05, 0) is 24.3 Å². The van der Waals surface area contributed by atoms with Gasteiger partial charge in [-0.15, -0.1) is 11.8 Å². The molecule has 1 aromatic carbocycles. The largest absolute Gasteiger partial charge is 0.444 e. The zero-order valence-electron chi connectivity index (χ0n) is 16.6. The van der Waals surface area contributed by atoms with Crippen LogP contribution in [-0.4, -0.2) is 30.0 Å². The van der Waals surface area contributed by atoms with Gasteiger partial charge in [-0.1, -0.05) is 32.1 Å². The lowest BCUT2D eigenvalue weighted by atomic mass is 9.94. The molecule has 0 aliphatic carbocycles. The summed E-state index contributed by atoms with van der Waals surface area (Å²) in [6.07, 6.45) is 3.55. The molecule has 2 aromatic heterocycles. The Balaban J connectivity index is 1.56. The minimum Gasteiger partial charge on any atom is -0.444 e. The summed E-state index contributed by atoms with van der Waals surface area (Å²) >= 11 is 3.03. The number of thiazole rings is 1. The van der Waals surface area contributed by atoms with E-state index in [0.717, 1.165) is 15.7 Å². The third-order valence-electron chi connectivity index (χ3n) is 3.98. The topological polar surface area (TPSA) is 71.3 Å². The van der Waals surface area contributed by atoms with Crippen molar-refractivity contribution in [2.75, 3.05) is 24.3 Å². The molecule has 0 atom stereocenters. The van der Waals surface area contributed by atoms with E-state index in [9.17, 15) is 4.79 Å². The minimum atomic E-state index is -0.168. The zero-order valence-corrected chi connectivity index (χ0v) is 18.3. The number of carbonyl (C=O) groups excluding carboxylic acids is 1. The number of nitrogens with one attached hydrogen (secondary N) is 1. The summed E-state index contributed by atoms with van der Waals surface area (Å²) in [6.45, 7) is 6.28. The SMILES string of the molecule is CN(C)c1ccc(C(=O)Nc2ncc(SCc3ncc(C(C)(C)C)o3)s2)cc1. The molecule has 0 fully saturated rings. The fraction of sp³-hybridized carbons (Fsp3) is 0.350. The first kappa shape index (κ1) is 20.4. The van der Waals surface area contributed by atoms with Crippen LogP contribution in [0.1, 0.15) is 42.8 Å². The van der Waals surface area contributed by atoms with Crippen molar-refractivity contribution >= 4 is 39.8 Å². The number of hydrogen-bond acceptors (Lipinski definition) is 7. The van der Waals surface area contributed by atoms with Crippen LogP contribution in [0.5, 0.6) is 0 Å². The normalized spacial score (nSPS) is 11.5. The van der Waals surface area contributed by atoms with Gasteiger partial charge in [-0.2, -0.15) is 0 Å². The van der Waals surface area contributed by atoms with Gasteiger partial charge in [0, 0.05) is 30.8 Å². The Morgan fingerprint density at radius 1 is 1.18 bits per heavy atom. The van der Waals surface area contributed by atoms with Crippen molar-refractivity contribution in [1.29, 1.82) is 0 Å². The predicted octanol–water partition coefficient (Wildman–Crippen LogP) is 5.04. The second kappa shape index (κ2) is 8.36. The van der Waals surface area contributed by atoms with E-state index >= 15 is 0 Å². The lowest BCUT2D eigenvalue weighted by Gasteiger charge is -2.12. The molecule has 1 N–H and O–H groups in total. The first-order valence-corrected chi connectivity index (χ1v) is 10.6. The molecule has 0 radical (unpaired) electrons. The maximum absolute atomic E-state index is 12.4. The molecule has 8 heteroatoms. The monoisotopic (exact) mass is 416 g/mol. The van der Waals surface area contributed by atoms with Gasteiger partial charge in [0.25, 0.3) is 5.91 Å². The summed E-state index contributed by atoms with van der Waals surface area (Å²) in [6, 6.07) is 7.45. The average Bonchev–Trinajstić information content (AvgIpc) is 3.29. The first-order valence-electron chi connectivity index (χ1n) is 8.85. The summed E-state index contributed by atoms with van der Waals surface area (Å²) in [4.78, 5) is 23.0. The molecular weight excluding hydrogens is 392 g/mol. The van der Waals surface area contributed by atoms with Crippen molar-refractivity contribution in [2.24, 2.45) is 0 Å². The van der Waals surface area contributed by atoms with Gasteiger partial charge in [-0.25, -0.2) is 9.97 Å².